The summed E-state index contributed by atoms with van der Waals surface area (Å²) in [6, 6.07) is 5.96. The number of fused-ring (bicyclic) bond motifs is 1. The lowest BCUT2D eigenvalue weighted by atomic mass is 9.96. The second kappa shape index (κ2) is 8.32. The fourth-order valence-electron chi connectivity index (χ4n) is 3.81. The van der Waals surface area contributed by atoms with Gasteiger partial charge >= 0.3 is 0 Å². The molecule has 0 radical (unpaired) electrons. The number of pyridine rings is 1. The van der Waals surface area contributed by atoms with Gasteiger partial charge in [-0.2, -0.15) is 5.10 Å². The molecule has 0 atom stereocenters. The zero-order chi connectivity index (χ0) is 20.4. The number of thiophene rings is 1. The average Bonchev–Trinajstić information content (AvgIpc) is 3.36. The monoisotopic (exact) mass is 411 g/mol. The van der Waals surface area contributed by atoms with Crippen molar-refractivity contribution in [3.8, 4) is 0 Å². The number of aryl methyl sites for hydroxylation is 1. The van der Waals surface area contributed by atoms with E-state index in [1.807, 2.05) is 34.0 Å². The van der Waals surface area contributed by atoms with Crippen molar-refractivity contribution in [3.63, 3.8) is 0 Å². The summed E-state index contributed by atoms with van der Waals surface area (Å²) in [5.74, 6) is 0.461. The molecule has 4 heterocycles. The van der Waals surface area contributed by atoms with Crippen molar-refractivity contribution in [1.29, 1.82) is 0 Å². The van der Waals surface area contributed by atoms with Gasteiger partial charge in [0.25, 0.3) is 5.91 Å². The first-order valence-electron chi connectivity index (χ1n) is 9.90. The molecule has 29 heavy (non-hydrogen) atoms. The molecule has 0 unspecified atom stereocenters. The van der Waals surface area contributed by atoms with Crippen LogP contribution in [0, 0.1) is 12.8 Å². The fraction of sp³-hybridized carbons (Fsp3) is 0.429. The van der Waals surface area contributed by atoms with Gasteiger partial charge in [0.1, 0.15) is 0 Å². The predicted octanol–water partition coefficient (Wildman–Crippen LogP) is 2.84. The highest BCUT2D eigenvalue weighted by Gasteiger charge is 2.26. The maximum absolute atomic E-state index is 13.3. The lowest BCUT2D eigenvalue weighted by molar-refractivity contribution is -0.119. The van der Waals surface area contributed by atoms with E-state index in [0.29, 0.717) is 37.7 Å². The summed E-state index contributed by atoms with van der Waals surface area (Å²) >= 11 is 1.68. The largest absolute Gasteiger partial charge is 0.356 e. The van der Waals surface area contributed by atoms with Crippen molar-refractivity contribution < 1.29 is 9.59 Å². The fourth-order valence-corrected chi connectivity index (χ4v) is 4.50. The van der Waals surface area contributed by atoms with Gasteiger partial charge in [-0.1, -0.05) is 6.07 Å². The third kappa shape index (κ3) is 4.32. The molecule has 152 valence electrons. The Kier molecular flexibility index (Phi) is 5.62. The highest BCUT2D eigenvalue weighted by molar-refractivity contribution is 7.09. The summed E-state index contributed by atoms with van der Waals surface area (Å²) in [6.45, 7) is 6.20. The van der Waals surface area contributed by atoms with Crippen molar-refractivity contribution in [2.24, 2.45) is 5.92 Å². The SMILES string of the molecule is CC(=O)NCC1CCN(C(=O)c2cc(C)nc3c2cnn3Cc2cccs2)CC1. The molecular weight excluding hydrogens is 386 g/mol. The Morgan fingerprint density at radius 1 is 1.31 bits per heavy atom. The second-order valence-corrected chi connectivity index (χ2v) is 8.63. The Bertz CT molecular complexity index is 1020. The molecule has 1 saturated heterocycles. The van der Waals surface area contributed by atoms with Crippen molar-refractivity contribution >= 4 is 34.2 Å². The predicted molar refractivity (Wildman–Crippen MR) is 113 cm³/mol. The van der Waals surface area contributed by atoms with E-state index in [1.54, 1.807) is 17.5 Å². The van der Waals surface area contributed by atoms with Gasteiger partial charge in [0.05, 0.1) is 23.7 Å². The molecule has 3 aromatic rings. The number of rotatable bonds is 5. The molecular formula is C21H25N5O2S. The van der Waals surface area contributed by atoms with Crippen molar-refractivity contribution in [1.82, 2.24) is 25.0 Å². The number of nitrogens with zero attached hydrogens (tertiary/aromatic N) is 4. The van der Waals surface area contributed by atoms with E-state index in [9.17, 15) is 9.59 Å². The maximum atomic E-state index is 13.3. The zero-order valence-electron chi connectivity index (χ0n) is 16.7. The summed E-state index contributed by atoms with van der Waals surface area (Å²) in [4.78, 5) is 32.1. The number of carbonyl (C=O) groups excluding carboxylic acids is 2. The van der Waals surface area contributed by atoms with E-state index in [-0.39, 0.29) is 11.8 Å². The summed E-state index contributed by atoms with van der Waals surface area (Å²) in [5.41, 5.74) is 2.24. The standard InChI is InChI=1S/C21H25N5O2S/c1-14-10-18(21(28)25-7-5-16(6-8-25)11-22-15(2)27)19-12-23-26(20(19)24-14)13-17-4-3-9-29-17/h3-4,9-10,12,16H,5-8,11,13H2,1-2H3,(H,22,27). The molecule has 0 aromatic carbocycles. The summed E-state index contributed by atoms with van der Waals surface area (Å²) in [6.07, 6.45) is 3.56. The van der Waals surface area contributed by atoms with Crippen LogP contribution in [0.1, 0.15) is 40.7 Å². The van der Waals surface area contributed by atoms with E-state index in [0.717, 1.165) is 29.6 Å². The Morgan fingerprint density at radius 3 is 2.79 bits per heavy atom. The molecule has 1 aliphatic heterocycles. The first-order valence-corrected chi connectivity index (χ1v) is 10.8. The molecule has 0 saturated carbocycles. The maximum Gasteiger partial charge on any atom is 0.254 e. The molecule has 2 amide bonds. The van der Waals surface area contributed by atoms with Crippen LogP contribution in [0.3, 0.4) is 0 Å². The number of nitrogens with one attached hydrogen (secondary N) is 1. The van der Waals surface area contributed by atoms with Crippen LogP contribution < -0.4 is 5.32 Å². The summed E-state index contributed by atoms with van der Waals surface area (Å²) in [7, 11) is 0. The van der Waals surface area contributed by atoms with Crippen LogP contribution in [-0.4, -0.2) is 51.1 Å². The summed E-state index contributed by atoms with van der Waals surface area (Å²) in [5, 5.41) is 10.2. The van der Waals surface area contributed by atoms with Crippen molar-refractivity contribution in [2.75, 3.05) is 19.6 Å². The Balaban J connectivity index is 1.52. The van der Waals surface area contributed by atoms with Crippen molar-refractivity contribution in [2.45, 2.75) is 33.2 Å². The number of likely N-dealkylation sites (tertiary alicyclic amines) is 1. The van der Waals surface area contributed by atoms with E-state index < -0.39 is 0 Å². The second-order valence-electron chi connectivity index (χ2n) is 7.60. The Hall–Kier alpha value is -2.74. The quantitative estimate of drug-likeness (QED) is 0.700. The van der Waals surface area contributed by atoms with Gasteiger partial charge in [0, 0.05) is 37.1 Å². The van der Waals surface area contributed by atoms with Crippen LogP contribution in [-0.2, 0) is 11.3 Å². The number of aromatic nitrogens is 3. The third-order valence-corrected chi connectivity index (χ3v) is 6.26. The minimum Gasteiger partial charge on any atom is -0.356 e. The van der Waals surface area contributed by atoms with Gasteiger partial charge in [-0.05, 0) is 43.2 Å². The first-order chi connectivity index (χ1) is 14.0. The van der Waals surface area contributed by atoms with Gasteiger partial charge < -0.3 is 10.2 Å². The van der Waals surface area contributed by atoms with E-state index in [1.165, 1.54) is 11.8 Å². The molecule has 4 rings (SSSR count). The van der Waals surface area contributed by atoms with Gasteiger partial charge in [-0.3, -0.25) is 9.59 Å². The lowest BCUT2D eigenvalue weighted by Gasteiger charge is -2.32. The number of hydrogen-bond donors (Lipinski definition) is 1. The molecule has 0 bridgehead atoms. The van der Waals surface area contributed by atoms with Crippen molar-refractivity contribution in [3.05, 3.63) is 45.9 Å². The van der Waals surface area contributed by atoms with Gasteiger partial charge in [-0.25, -0.2) is 9.67 Å². The Morgan fingerprint density at radius 2 is 2.10 bits per heavy atom. The van der Waals surface area contributed by atoms with Crippen LogP contribution in [0.2, 0.25) is 0 Å². The smallest absolute Gasteiger partial charge is 0.254 e. The molecule has 8 heteroatoms. The van der Waals surface area contributed by atoms with Gasteiger partial charge in [0.2, 0.25) is 5.91 Å². The number of carbonyl (C=O) groups is 2. The molecule has 1 fully saturated rings. The first kappa shape index (κ1) is 19.6. The number of amides is 2. The van der Waals surface area contributed by atoms with E-state index in [4.69, 9.17) is 0 Å². The van der Waals surface area contributed by atoms with Gasteiger partial charge in [0.15, 0.2) is 5.65 Å². The lowest BCUT2D eigenvalue weighted by Crippen LogP contribution is -2.41. The molecule has 7 nitrogen and oxygen atoms in total. The topological polar surface area (TPSA) is 80.1 Å². The van der Waals surface area contributed by atoms with E-state index in [2.05, 4.69) is 21.5 Å². The number of hydrogen-bond acceptors (Lipinski definition) is 5. The minimum atomic E-state index is -0.00211. The molecule has 1 N–H and O–H groups in total. The third-order valence-electron chi connectivity index (χ3n) is 5.39. The van der Waals surface area contributed by atoms with E-state index >= 15 is 0 Å². The molecule has 0 spiro atoms. The molecule has 0 aliphatic carbocycles. The van der Waals surface area contributed by atoms with Crippen LogP contribution in [0.15, 0.2) is 29.8 Å². The van der Waals surface area contributed by atoms with Crippen LogP contribution in [0.4, 0.5) is 0 Å². The average molecular weight is 412 g/mol. The highest BCUT2D eigenvalue weighted by atomic mass is 32.1. The van der Waals surface area contributed by atoms with Gasteiger partial charge in [-0.15, -0.1) is 11.3 Å². The molecule has 3 aromatic heterocycles. The summed E-state index contributed by atoms with van der Waals surface area (Å²) < 4.78 is 1.87. The highest BCUT2D eigenvalue weighted by Crippen LogP contribution is 2.24. The van der Waals surface area contributed by atoms with Crippen LogP contribution >= 0.6 is 11.3 Å². The molecule has 1 aliphatic rings. The Labute approximate surface area is 173 Å². The normalized spacial score (nSPS) is 15.0. The van der Waals surface area contributed by atoms with Crippen LogP contribution in [0.5, 0.6) is 0 Å². The zero-order valence-corrected chi connectivity index (χ0v) is 17.5. The minimum absolute atomic E-state index is 0.00211. The van der Waals surface area contributed by atoms with Crippen LogP contribution in [0.25, 0.3) is 11.0 Å². The number of piperidine rings is 1.